The fourth-order valence-electron chi connectivity index (χ4n) is 3.07. The van der Waals surface area contributed by atoms with Crippen LogP contribution in [0.5, 0.6) is 0 Å². The van der Waals surface area contributed by atoms with Crippen molar-refractivity contribution < 1.29 is 0 Å². The Kier molecular flexibility index (Phi) is 2.40. The van der Waals surface area contributed by atoms with E-state index in [1.807, 2.05) is 0 Å². The Hall–Kier alpha value is -0.0400. The molecule has 0 atom stereocenters. The SMILES string of the molecule is [NH]C1(C2CCCC2)CCCCC1. The van der Waals surface area contributed by atoms with Crippen LogP contribution in [0, 0.1) is 5.92 Å². The molecule has 1 N–H and O–H groups in total. The molecular weight excluding hydrogens is 146 g/mol. The summed E-state index contributed by atoms with van der Waals surface area (Å²) >= 11 is 0. The van der Waals surface area contributed by atoms with Crippen LogP contribution < -0.4 is 5.73 Å². The normalized spacial score (nSPS) is 30.8. The third-order valence-electron chi connectivity index (χ3n) is 3.88. The summed E-state index contributed by atoms with van der Waals surface area (Å²) in [5, 5.41) is 0. The lowest BCUT2D eigenvalue weighted by Gasteiger charge is -2.37. The molecule has 2 aliphatic carbocycles. The molecule has 0 amide bonds. The highest BCUT2D eigenvalue weighted by Gasteiger charge is 2.37. The van der Waals surface area contributed by atoms with Gasteiger partial charge in [0.1, 0.15) is 0 Å². The topological polar surface area (TPSA) is 23.8 Å². The fraction of sp³-hybridized carbons (Fsp3) is 1.00. The molecule has 1 radical (unpaired) electrons. The zero-order valence-electron chi connectivity index (χ0n) is 7.94. The quantitative estimate of drug-likeness (QED) is 0.571. The Labute approximate surface area is 75.7 Å². The highest BCUT2D eigenvalue weighted by atomic mass is 14.8. The molecule has 0 unspecified atom stereocenters. The van der Waals surface area contributed by atoms with Crippen molar-refractivity contribution >= 4 is 0 Å². The summed E-state index contributed by atoms with van der Waals surface area (Å²) in [7, 11) is 0. The summed E-state index contributed by atoms with van der Waals surface area (Å²) in [5.74, 6) is 0.762. The lowest BCUT2D eigenvalue weighted by atomic mass is 9.73. The average molecular weight is 166 g/mol. The summed E-state index contributed by atoms with van der Waals surface area (Å²) in [6.45, 7) is 0. The van der Waals surface area contributed by atoms with E-state index in [9.17, 15) is 0 Å². The van der Waals surface area contributed by atoms with Gasteiger partial charge in [-0.05, 0) is 31.6 Å². The molecule has 2 saturated carbocycles. The fourth-order valence-corrected chi connectivity index (χ4v) is 3.07. The van der Waals surface area contributed by atoms with Crippen LogP contribution in [-0.4, -0.2) is 5.54 Å². The second-order valence-electron chi connectivity index (χ2n) is 4.70. The van der Waals surface area contributed by atoms with Gasteiger partial charge in [0.2, 0.25) is 0 Å². The third-order valence-corrected chi connectivity index (χ3v) is 3.88. The van der Waals surface area contributed by atoms with E-state index in [-0.39, 0.29) is 5.54 Å². The molecule has 1 nitrogen and oxygen atoms in total. The zero-order chi connectivity index (χ0) is 8.44. The lowest BCUT2D eigenvalue weighted by molar-refractivity contribution is 0.189. The largest absolute Gasteiger partial charge is 0.251 e. The van der Waals surface area contributed by atoms with E-state index in [1.165, 1.54) is 57.8 Å². The maximum atomic E-state index is 8.42. The van der Waals surface area contributed by atoms with Crippen LogP contribution >= 0.6 is 0 Å². The molecule has 0 aromatic heterocycles. The molecular formula is C11H20N. The first-order valence-electron chi connectivity index (χ1n) is 5.56. The highest BCUT2D eigenvalue weighted by molar-refractivity contribution is 4.94. The molecule has 0 aromatic rings. The van der Waals surface area contributed by atoms with Crippen LogP contribution in [0.15, 0.2) is 0 Å². The Bertz CT molecular complexity index is 141. The summed E-state index contributed by atoms with van der Waals surface area (Å²) in [6, 6.07) is 0. The van der Waals surface area contributed by atoms with Gasteiger partial charge in [0.25, 0.3) is 0 Å². The van der Waals surface area contributed by atoms with Crippen LogP contribution in [0.1, 0.15) is 57.8 Å². The molecule has 0 aliphatic heterocycles. The van der Waals surface area contributed by atoms with Gasteiger partial charge in [-0.1, -0.05) is 32.1 Å². The standard InChI is InChI=1S/C11H20N/c12-11(8-4-1-5-9-11)10-6-2-3-7-10/h10,12H,1-9H2. The minimum absolute atomic E-state index is 0.00868. The van der Waals surface area contributed by atoms with Crippen LogP contribution in [0.3, 0.4) is 0 Å². The Morgan fingerprint density at radius 2 is 1.42 bits per heavy atom. The van der Waals surface area contributed by atoms with Crippen molar-refractivity contribution in [2.75, 3.05) is 0 Å². The highest BCUT2D eigenvalue weighted by Crippen LogP contribution is 2.41. The molecule has 2 fully saturated rings. The monoisotopic (exact) mass is 166 g/mol. The van der Waals surface area contributed by atoms with Crippen LogP contribution in [-0.2, 0) is 0 Å². The van der Waals surface area contributed by atoms with Gasteiger partial charge in [-0.2, -0.15) is 0 Å². The molecule has 12 heavy (non-hydrogen) atoms. The first-order chi connectivity index (χ1) is 5.81. The van der Waals surface area contributed by atoms with Gasteiger partial charge in [0, 0.05) is 5.54 Å². The first kappa shape index (κ1) is 8.55. The van der Waals surface area contributed by atoms with E-state index < -0.39 is 0 Å². The van der Waals surface area contributed by atoms with Crippen molar-refractivity contribution in [3.63, 3.8) is 0 Å². The summed E-state index contributed by atoms with van der Waals surface area (Å²) < 4.78 is 0. The van der Waals surface area contributed by atoms with Crippen molar-refractivity contribution in [1.82, 2.24) is 5.73 Å². The van der Waals surface area contributed by atoms with Gasteiger partial charge in [-0.3, -0.25) is 5.73 Å². The van der Waals surface area contributed by atoms with Gasteiger partial charge in [0.05, 0.1) is 0 Å². The molecule has 0 aromatic carbocycles. The van der Waals surface area contributed by atoms with E-state index in [2.05, 4.69) is 0 Å². The predicted octanol–water partition coefficient (Wildman–Crippen LogP) is 3.16. The number of hydrogen-bond acceptors (Lipinski definition) is 0. The molecule has 0 spiro atoms. The van der Waals surface area contributed by atoms with Crippen LogP contribution in [0.2, 0.25) is 0 Å². The van der Waals surface area contributed by atoms with Gasteiger partial charge < -0.3 is 0 Å². The second-order valence-corrected chi connectivity index (χ2v) is 4.70. The Morgan fingerprint density at radius 1 is 0.833 bits per heavy atom. The molecule has 2 aliphatic rings. The third kappa shape index (κ3) is 1.52. The van der Waals surface area contributed by atoms with Gasteiger partial charge in [0.15, 0.2) is 0 Å². The minimum atomic E-state index is 0.00868. The van der Waals surface area contributed by atoms with Gasteiger partial charge in [-0.15, -0.1) is 0 Å². The zero-order valence-corrected chi connectivity index (χ0v) is 7.94. The molecule has 69 valence electrons. The number of rotatable bonds is 1. The van der Waals surface area contributed by atoms with Crippen LogP contribution in [0.4, 0.5) is 0 Å². The van der Waals surface area contributed by atoms with E-state index in [0.29, 0.717) is 0 Å². The van der Waals surface area contributed by atoms with E-state index in [4.69, 9.17) is 5.73 Å². The number of nitrogens with one attached hydrogen (secondary N) is 1. The average Bonchev–Trinajstić information content (AvgIpc) is 2.58. The molecule has 0 heterocycles. The maximum Gasteiger partial charge on any atom is 0.0352 e. The second kappa shape index (κ2) is 3.37. The Morgan fingerprint density at radius 3 is 2.00 bits per heavy atom. The summed E-state index contributed by atoms with van der Waals surface area (Å²) in [5.41, 5.74) is 8.43. The molecule has 2 rings (SSSR count). The summed E-state index contributed by atoms with van der Waals surface area (Å²) in [4.78, 5) is 0. The first-order valence-corrected chi connectivity index (χ1v) is 5.56. The van der Waals surface area contributed by atoms with Crippen LogP contribution in [0.25, 0.3) is 0 Å². The van der Waals surface area contributed by atoms with E-state index in [1.54, 1.807) is 0 Å². The number of hydrogen-bond donors (Lipinski definition) is 0. The molecule has 0 bridgehead atoms. The van der Waals surface area contributed by atoms with Crippen molar-refractivity contribution in [3.8, 4) is 0 Å². The summed E-state index contributed by atoms with van der Waals surface area (Å²) in [6.07, 6.45) is 11.9. The maximum absolute atomic E-state index is 8.42. The Balaban J connectivity index is 1.97. The van der Waals surface area contributed by atoms with Crippen molar-refractivity contribution in [2.24, 2.45) is 5.92 Å². The predicted molar refractivity (Wildman–Crippen MR) is 50.9 cm³/mol. The van der Waals surface area contributed by atoms with Crippen molar-refractivity contribution in [3.05, 3.63) is 0 Å². The molecule has 0 saturated heterocycles. The van der Waals surface area contributed by atoms with Gasteiger partial charge >= 0.3 is 0 Å². The smallest absolute Gasteiger partial charge is 0.0352 e. The van der Waals surface area contributed by atoms with Gasteiger partial charge in [-0.25, -0.2) is 0 Å². The van der Waals surface area contributed by atoms with Crippen molar-refractivity contribution in [2.45, 2.75) is 63.3 Å². The van der Waals surface area contributed by atoms with E-state index in [0.717, 1.165) is 5.92 Å². The molecule has 1 heteroatoms. The minimum Gasteiger partial charge on any atom is -0.251 e. The van der Waals surface area contributed by atoms with E-state index >= 15 is 0 Å². The van der Waals surface area contributed by atoms with Crippen molar-refractivity contribution in [1.29, 1.82) is 0 Å². The lowest BCUT2D eigenvalue weighted by Crippen LogP contribution is -2.40.